The van der Waals surface area contributed by atoms with E-state index in [-0.39, 0.29) is 30.4 Å². The average molecular weight is 403 g/mol. The molecule has 1 unspecified atom stereocenters. The molecule has 8 heteroatoms. The molecule has 1 aromatic rings. The van der Waals surface area contributed by atoms with E-state index in [4.69, 9.17) is 9.47 Å². The van der Waals surface area contributed by atoms with Gasteiger partial charge in [-0.2, -0.15) is 0 Å². The molecule has 158 valence electrons. The van der Waals surface area contributed by atoms with E-state index in [1.54, 1.807) is 16.7 Å². The predicted octanol–water partition coefficient (Wildman–Crippen LogP) is 2.32. The summed E-state index contributed by atoms with van der Waals surface area (Å²) in [4.78, 5) is 40.2. The molecule has 2 aliphatic heterocycles. The van der Waals surface area contributed by atoms with Crippen molar-refractivity contribution in [3.63, 3.8) is 0 Å². The number of piperidine rings is 1. The second-order valence-electron chi connectivity index (χ2n) is 7.25. The van der Waals surface area contributed by atoms with Crippen LogP contribution < -0.4 is 15.0 Å². The van der Waals surface area contributed by atoms with Crippen LogP contribution in [0.25, 0.3) is 0 Å². The zero-order valence-corrected chi connectivity index (χ0v) is 17.1. The number of carbonyl (C=O) groups excluding carboxylic acids is 3. The lowest BCUT2D eigenvalue weighted by Gasteiger charge is -2.34. The maximum absolute atomic E-state index is 12.7. The number of amides is 3. The molecule has 0 radical (unpaired) electrons. The molecule has 0 saturated carbocycles. The van der Waals surface area contributed by atoms with Crippen molar-refractivity contribution in [3.05, 3.63) is 24.3 Å². The molecule has 0 bridgehead atoms. The van der Waals surface area contributed by atoms with Crippen molar-refractivity contribution < 1.29 is 23.9 Å². The van der Waals surface area contributed by atoms with Crippen LogP contribution in [0.4, 0.5) is 10.5 Å². The zero-order chi connectivity index (χ0) is 20.8. The molecule has 0 aliphatic carbocycles. The number of rotatable bonds is 6. The monoisotopic (exact) mass is 403 g/mol. The minimum Gasteiger partial charge on any atom is -0.478 e. The van der Waals surface area contributed by atoms with E-state index in [0.717, 1.165) is 0 Å². The summed E-state index contributed by atoms with van der Waals surface area (Å²) in [6.45, 7) is 5.49. The third-order valence-electron chi connectivity index (χ3n) is 5.29. The van der Waals surface area contributed by atoms with Gasteiger partial charge in [0.1, 0.15) is 5.75 Å². The van der Waals surface area contributed by atoms with E-state index in [1.165, 1.54) is 0 Å². The van der Waals surface area contributed by atoms with Crippen LogP contribution in [0.15, 0.2) is 24.3 Å². The van der Waals surface area contributed by atoms with Crippen LogP contribution in [-0.4, -0.2) is 61.2 Å². The summed E-state index contributed by atoms with van der Waals surface area (Å²) in [6.07, 6.45) is 1.37. The first kappa shape index (κ1) is 21.0. The van der Waals surface area contributed by atoms with Gasteiger partial charge in [0.15, 0.2) is 6.10 Å². The van der Waals surface area contributed by atoms with Crippen molar-refractivity contribution >= 4 is 23.6 Å². The molecule has 1 N–H and O–H groups in total. The lowest BCUT2D eigenvalue weighted by atomic mass is 10.1. The highest BCUT2D eigenvalue weighted by Crippen LogP contribution is 2.34. The lowest BCUT2D eigenvalue weighted by molar-refractivity contribution is -0.126. The Morgan fingerprint density at radius 2 is 1.93 bits per heavy atom. The van der Waals surface area contributed by atoms with Gasteiger partial charge in [-0.05, 0) is 38.3 Å². The summed E-state index contributed by atoms with van der Waals surface area (Å²) in [5, 5.41) is 3.03. The maximum Gasteiger partial charge on any atom is 0.409 e. The fraction of sp³-hybridized carbons (Fsp3) is 0.571. The second kappa shape index (κ2) is 9.62. The fourth-order valence-electron chi connectivity index (χ4n) is 3.70. The molecule has 2 aliphatic rings. The molecule has 1 fully saturated rings. The summed E-state index contributed by atoms with van der Waals surface area (Å²) in [5.74, 6) is 0.469. The molecule has 3 rings (SSSR count). The smallest absolute Gasteiger partial charge is 0.409 e. The number of hydrogen-bond donors (Lipinski definition) is 1. The molecule has 1 atom stereocenters. The maximum atomic E-state index is 12.7. The Hall–Kier alpha value is -2.77. The van der Waals surface area contributed by atoms with Crippen LogP contribution in [0.2, 0.25) is 0 Å². The topological polar surface area (TPSA) is 88.2 Å². The average Bonchev–Trinajstić information content (AvgIpc) is 2.73. The zero-order valence-electron chi connectivity index (χ0n) is 17.1. The van der Waals surface area contributed by atoms with Gasteiger partial charge >= 0.3 is 6.09 Å². The van der Waals surface area contributed by atoms with Gasteiger partial charge in [0.25, 0.3) is 5.91 Å². The first-order valence-electron chi connectivity index (χ1n) is 10.3. The van der Waals surface area contributed by atoms with Crippen molar-refractivity contribution in [2.24, 2.45) is 0 Å². The lowest BCUT2D eigenvalue weighted by Crippen LogP contribution is -2.49. The van der Waals surface area contributed by atoms with Crippen LogP contribution in [-0.2, 0) is 14.3 Å². The van der Waals surface area contributed by atoms with E-state index in [9.17, 15) is 14.4 Å². The molecule has 8 nitrogen and oxygen atoms in total. The molecule has 1 aromatic carbocycles. The number of fused-ring (bicyclic) bond motifs is 1. The van der Waals surface area contributed by atoms with Gasteiger partial charge in [-0.25, -0.2) is 4.79 Å². The number of likely N-dealkylation sites (tertiary alicyclic amines) is 1. The quantitative estimate of drug-likeness (QED) is 0.788. The van der Waals surface area contributed by atoms with Crippen molar-refractivity contribution in [1.82, 2.24) is 10.2 Å². The summed E-state index contributed by atoms with van der Waals surface area (Å²) in [5.41, 5.74) is 0.706. The second-order valence-corrected chi connectivity index (χ2v) is 7.25. The Morgan fingerprint density at radius 3 is 2.62 bits per heavy atom. The molecular formula is C21H29N3O5. The molecule has 29 heavy (non-hydrogen) atoms. The van der Waals surface area contributed by atoms with Crippen molar-refractivity contribution in [2.45, 2.75) is 51.7 Å². The highest BCUT2D eigenvalue weighted by atomic mass is 16.6. The first-order chi connectivity index (χ1) is 14.0. The van der Waals surface area contributed by atoms with Crippen LogP contribution in [0.5, 0.6) is 5.75 Å². The number of nitrogens with one attached hydrogen (secondary N) is 1. The van der Waals surface area contributed by atoms with Gasteiger partial charge in [-0.15, -0.1) is 0 Å². The molecule has 2 heterocycles. The van der Waals surface area contributed by atoms with Crippen molar-refractivity contribution in [2.75, 3.05) is 31.1 Å². The summed E-state index contributed by atoms with van der Waals surface area (Å²) >= 11 is 0. The molecule has 1 saturated heterocycles. The number of carbonyl (C=O) groups is 3. The molecular weight excluding hydrogens is 374 g/mol. The summed E-state index contributed by atoms with van der Waals surface area (Å²) < 4.78 is 10.8. The summed E-state index contributed by atoms with van der Waals surface area (Å²) in [7, 11) is 0. The van der Waals surface area contributed by atoms with E-state index in [2.05, 4.69) is 5.32 Å². The van der Waals surface area contributed by atoms with E-state index in [0.29, 0.717) is 56.9 Å². The van der Waals surface area contributed by atoms with Crippen LogP contribution in [0.3, 0.4) is 0 Å². The van der Waals surface area contributed by atoms with Gasteiger partial charge in [-0.3, -0.25) is 9.59 Å². The SMILES string of the molecule is CCOC(=O)N1CCC(NC(=O)CCN2C(=O)C(CC)Oc3ccccc32)CC1. The van der Waals surface area contributed by atoms with Gasteiger partial charge in [0.05, 0.1) is 12.3 Å². The largest absolute Gasteiger partial charge is 0.478 e. The highest BCUT2D eigenvalue weighted by molar-refractivity contribution is 6.00. The highest BCUT2D eigenvalue weighted by Gasteiger charge is 2.33. The van der Waals surface area contributed by atoms with Gasteiger partial charge in [0.2, 0.25) is 5.91 Å². The minimum absolute atomic E-state index is 0.0317. The van der Waals surface area contributed by atoms with Crippen LogP contribution >= 0.6 is 0 Å². The van der Waals surface area contributed by atoms with E-state index >= 15 is 0 Å². The van der Waals surface area contributed by atoms with E-state index in [1.807, 2.05) is 31.2 Å². The Balaban J connectivity index is 1.51. The molecule has 0 aromatic heterocycles. The Kier molecular flexibility index (Phi) is 6.95. The number of nitrogens with zero attached hydrogens (tertiary/aromatic N) is 2. The van der Waals surface area contributed by atoms with Gasteiger partial charge < -0.3 is 24.6 Å². The predicted molar refractivity (Wildman–Crippen MR) is 108 cm³/mol. The third kappa shape index (κ3) is 4.99. The first-order valence-corrected chi connectivity index (χ1v) is 10.3. The van der Waals surface area contributed by atoms with Gasteiger partial charge in [-0.1, -0.05) is 19.1 Å². The van der Waals surface area contributed by atoms with Crippen LogP contribution in [0, 0.1) is 0 Å². The Morgan fingerprint density at radius 1 is 1.21 bits per heavy atom. The number of ether oxygens (including phenoxy) is 2. The molecule has 3 amide bonds. The Labute approximate surface area is 171 Å². The van der Waals surface area contributed by atoms with E-state index < -0.39 is 6.10 Å². The number of hydrogen-bond acceptors (Lipinski definition) is 5. The number of benzene rings is 1. The number of para-hydroxylation sites is 2. The molecule has 0 spiro atoms. The third-order valence-corrected chi connectivity index (χ3v) is 5.29. The van der Waals surface area contributed by atoms with Gasteiger partial charge in [0, 0.05) is 32.1 Å². The normalized spacial score (nSPS) is 19.4. The van der Waals surface area contributed by atoms with Crippen molar-refractivity contribution in [1.29, 1.82) is 0 Å². The van der Waals surface area contributed by atoms with Crippen LogP contribution in [0.1, 0.15) is 39.5 Å². The van der Waals surface area contributed by atoms with Crippen molar-refractivity contribution in [3.8, 4) is 5.75 Å². The summed E-state index contributed by atoms with van der Waals surface area (Å²) in [6, 6.07) is 7.43. The fourth-order valence-corrected chi connectivity index (χ4v) is 3.70. The standard InChI is InChI=1S/C21H29N3O5/c1-3-17-20(26)24(16-7-5-6-8-18(16)29-17)14-11-19(25)22-15-9-12-23(13-10-15)21(27)28-4-2/h5-8,15,17H,3-4,9-14H2,1-2H3,(H,22,25). The minimum atomic E-state index is -0.514. The number of anilines is 1. The Bertz CT molecular complexity index is 746.